The van der Waals surface area contributed by atoms with Gasteiger partial charge in [-0.15, -0.1) is 0 Å². The number of benzene rings is 2. The summed E-state index contributed by atoms with van der Waals surface area (Å²) in [5.41, 5.74) is 9.25. The standard InChI is InChI=1S/C21H26/c1-5-6-8-15-9-7-10-19-18-12-11-17(21(2,3)4)13-16(18)14-20(15)19/h7,9-13H,5-6,8,14H2,1-4H3. The van der Waals surface area contributed by atoms with Crippen LogP contribution in [0.15, 0.2) is 36.4 Å². The molecule has 2 aromatic rings. The molecule has 0 saturated heterocycles. The molecule has 21 heavy (non-hydrogen) atoms. The average molecular weight is 278 g/mol. The second kappa shape index (κ2) is 5.33. The molecule has 110 valence electrons. The molecule has 0 aliphatic heterocycles. The van der Waals surface area contributed by atoms with Crippen molar-refractivity contribution in [3.05, 3.63) is 58.7 Å². The number of hydrogen-bond acceptors (Lipinski definition) is 0. The fourth-order valence-electron chi connectivity index (χ4n) is 3.36. The molecule has 1 aliphatic carbocycles. The lowest BCUT2D eigenvalue weighted by atomic mass is 9.85. The Bertz CT molecular complexity index is 656. The summed E-state index contributed by atoms with van der Waals surface area (Å²) < 4.78 is 0. The highest BCUT2D eigenvalue weighted by Gasteiger charge is 2.23. The van der Waals surface area contributed by atoms with Crippen molar-refractivity contribution in [2.45, 2.75) is 58.8 Å². The minimum absolute atomic E-state index is 0.231. The van der Waals surface area contributed by atoms with Crippen LogP contribution in [-0.2, 0) is 18.3 Å². The van der Waals surface area contributed by atoms with Gasteiger partial charge in [-0.05, 0) is 58.1 Å². The number of fused-ring (bicyclic) bond motifs is 3. The van der Waals surface area contributed by atoms with Crippen molar-refractivity contribution in [1.82, 2.24) is 0 Å². The molecular weight excluding hydrogens is 252 g/mol. The van der Waals surface area contributed by atoms with E-state index in [1.807, 2.05) is 0 Å². The molecule has 0 aromatic heterocycles. The molecule has 0 bridgehead atoms. The summed E-state index contributed by atoms with van der Waals surface area (Å²) in [7, 11) is 0. The second-order valence-corrected chi connectivity index (χ2v) is 7.35. The predicted octanol–water partition coefficient (Wildman–Crippen LogP) is 5.90. The highest BCUT2D eigenvalue weighted by Crippen LogP contribution is 2.40. The van der Waals surface area contributed by atoms with Crippen molar-refractivity contribution in [3.8, 4) is 11.1 Å². The maximum atomic E-state index is 2.43. The SMILES string of the molecule is CCCCc1cccc2c1Cc1cc(C(C)(C)C)ccc1-2. The van der Waals surface area contributed by atoms with Gasteiger partial charge in [0.2, 0.25) is 0 Å². The van der Waals surface area contributed by atoms with Gasteiger partial charge in [0, 0.05) is 0 Å². The fraction of sp³-hybridized carbons (Fsp3) is 0.429. The van der Waals surface area contributed by atoms with Gasteiger partial charge in [-0.2, -0.15) is 0 Å². The lowest BCUT2D eigenvalue weighted by molar-refractivity contribution is 0.589. The van der Waals surface area contributed by atoms with Gasteiger partial charge in [-0.1, -0.05) is 70.5 Å². The Kier molecular flexibility index (Phi) is 3.65. The van der Waals surface area contributed by atoms with Crippen LogP contribution in [0.5, 0.6) is 0 Å². The van der Waals surface area contributed by atoms with Gasteiger partial charge < -0.3 is 0 Å². The molecule has 0 atom stereocenters. The number of aryl methyl sites for hydroxylation is 1. The van der Waals surface area contributed by atoms with Crippen LogP contribution in [0.1, 0.15) is 62.8 Å². The van der Waals surface area contributed by atoms with Gasteiger partial charge in [-0.25, -0.2) is 0 Å². The first-order chi connectivity index (χ1) is 10.0. The smallest absolute Gasteiger partial charge is 0.00106 e. The zero-order chi connectivity index (χ0) is 15.0. The molecule has 0 heteroatoms. The van der Waals surface area contributed by atoms with Gasteiger partial charge in [0.15, 0.2) is 0 Å². The van der Waals surface area contributed by atoms with Crippen LogP contribution in [0.4, 0.5) is 0 Å². The molecule has 0 spiro atoms. The van der Waals surface area contributed by atoms with E-state index >= 15 is 0 Å². The van der Waals surface area contributed by atoms with Crippen molar-refractivity contribution < 1.29 is 0 Å². The Morgan fingerprint density at radius 2 is 1.81 bits per heavy atom. The molecule has 0 unspecified atom stereocenters. The van der Waals surface area contributed by atoms with Crippen molar-refractivity contribution in [1.29, 1.82) is 0 Å². The van der Waals surface area contributed by atoms with Gasteiger partial charge in [0.25, 0.3) is 0 Å². The molecule has 0 saturated carbocycles. The van der Waals surface area contributed by atoms with Gasteiger partial charge in [0.05, 0.1) is 0 Å². The van der Waals surface area contributed by atoms with E-state index in [1.54, 1.807) is 11.1 Å². The lowest BCUT2D eigenvalue weighted by Gasteiger charge is -2.20. The summed E-state index contributed by atoms with van der Waals surface area (Å²) in [5, 5.41) is 0. The largest absolute Gasteiger partial charge is 0.0654 e. The molecule has 0 amide bonds. The predicted molar refractivity (Wildman–Crippen MR) is 92.0 cm³/mol. The minimum atomic E-state index is 0.231. The molecule has 0 N–H and O–H groups in total. The molecule has 2 aromatic carbocycles. The van der Waals surface area contributed by atoms with Crippen LogP contribution in [0.3, 0.4) is 0 Å². The summed E-state index contributed by atoms with van der Waals surface area (Å²) in [6.45, 7) is 9.16. The molecule has 3 rings (SSSR count). The first-order valence-corrected chi connectivity index (χ1v) is 8.25. The zero-order valence-electron chi connectivity index (χ0n) is 13.8. The quantitative estimate of drug-likeness (QED) is 0.559. The molecule has 0 fully saturated rings. The highest BCUT2D eigenvalue weighted by molar-refractivity contribution is 5.78. The van der Waals surface area contributed by atoms with E-state index in [0.29, 0.717) is 0 Å². The van der Waals surface area contributed by atoms with E-state index in [0.717, 1.165) is 6.42 Å². The molecule has 0 nitrogen and oxygen atoms in total. The topological polar surface area (TPSA) is 0 Å². The molecule has 0 radical (unpaired) electrons. The summed E-state index contributed by atoms with van der Waals surface area (Å²) in [5.74, 6) is 0. The fourth-order valence-corrected chi connectivity index (χ4v) is 3.36. The van der Waals surface area contributed by atoms with Gasteiger partial charge >= 0.3 is 0 Å². The third-order valence-electron chi connectivity index (χ3n) is 4.70. The molecule has 1 aliphatic rings. The Hall–Kier alpha value is -1.56. The first kappa shape index (κ1) is 14.4. The van der Waals surface area contributed by atoms with E-state index in [-0.39, 0.29) is 5.41 Å². The summed E-state index contributed by atoms with van der Waals surface area (Å²) in [4.78, 5) is 0. The average Bonchev–Trinajstić information content (AvgIpc) is 2.82. The van der Waals surface area contributed by atoms with E-state index < -0.39 is 0 Å². The van der Waals surface area contributed by atoms with E-state index in [2.05, 4.69) is 64.1 Å². The highest BCUT2D eigenvalue weighted by atomic mass is 14.3. The third-order valence-corrected chi connectivity index (χ3v) is 4.70. The minimum Gasteiger partial charge on any atom is -0.0654 e. The Labute approximate surface area is 129 Å². The zero-order valence-corrected chi connectivity index (χ0v) is 13.8. The van der Waals surface area contributed by atoms with Crippen molar-refractivity contribution in [2.24, 2.45) is 0 Å². The van der Waals surface area contributed by atoms with Crippen LogP contribution in [-0.4, -0.2) is 0 Å². The monoisotopic (exact) mass is 278 g/mol. The normalized spacial score (nSPS) is 13.1. The van der Waals surface area contributed by atoms with Gasteiger partial charge in [0.1, 0.15) is 0 Å². The van der Waals surface area contributed by atoms with Crippen LogP contribution in [0.25, 0.3) is 11.1 Å². The third kappa shape index (κ3) is 2.64. The lowest BCUT2D eigenvalue weighted by Crippen LogP contribution is -2.11. The number of hydrogen-bond donors (Lipinski definition) is 0. The van der Waals surface area contributed by atoms with Crippen LogP contribution < -0.4 is 0 Å². The van der Waals surface area contributed by atoms with Gasteiger partial charge in [-0.3, -0.25) is 0 Å². The Morgan fingerprint density at radius 3 is 2.52 bits per heavy atom. The maximum Gasteiger partial charge on any atom is -0.00106 e. The second-order valence-electron chi connectivity index (χ2n) is 7.35. The number of rotatable bonds is 3. The summed E-state index contributed by atoms with van der Waals surface area (Å²) >= 11 is 0. The number of unbranched alkanes of at least 4 members (excludes halogenated alkanes) is 1. The van der Waals surface area contributed by atoms with Crippen LogP contribution in [0.2, 0.25) is 0 Å². The van der Waals surface area contributed by atoms with E-state index in [1.165, 1.54) is 41.5 Å². The van der Waals surface area contributed by atoms with Crippen molar-refractivity contribution >= 4 is 0 Å². The van der Waals surface area contributed by atoms with Crippen LogP contribution in [0, 0.1) is 0 Å². The Balaban J connectivity index is 2.01. The van der Waals surface area contributed by atoms with Crippen LogP contribution >= 0.6 is 0 Å². The molecular formula is C21H26. The summed E-state index contributed by atoms with van der Waals surface area (Å²) in [6.07, 6.45) is 4.90. The summed E-state index contributed by atoms with van der Waals surface area (Å²) in [6, 6.07) is 13.9. The maximum absolute atomic E-state index is 2.43. The molecule has 0 heterocycles. The van der Waals surface area contributed by atoms with E-state index in [9.17, 15) is 0 Å². The van der Waals surface area contributed by atoms with E-state index in [4.69, 9.17) is 0 Å². The van der Waals surface area contributed by atoms with Crippen molar-refractivity contribution in [3.63, 3.8) is 0 Å². The first-order valence-electron chi connectivity index (χ1n) is 8.25. The van der Waals surface area contributed by atoms with Crippen molar-refractivity contribution in [2.75, 3.05) is 0 Å². The Morgan fingerprint density at radius 1 is 1.00 bits per heavy atom.